The van der Waals surface area contributed by atoms with E-state index in [1.54, 1.807) is 18.2 Å². The third kappa shape index (κ3) is 2.68. The minimum absolute atomic E-state index is 0.0357. The highest BCUT2D eigenvalue weighted by Crippen LogP contribution is 2.35. The van der Waals surface area contributed by atoms with E-state index >= 15 is 0 Å². The Kier molecular flexibility index (Phi) is 2.90. The zero-order valence-electron chi connectivity index (χ0n) is 15.2. The molecule has 0 radical (unpaired) electrons. The van der Waals surface area contributed by atoms with E-state index in [1.807, 2.05) is 0 Å². The highest BCUT2D eigenvalue weighted by molar-refractivity contribution is 6.09. The molecule has 0 fully saturated rings. The van der Waals surface area contributed by atoms with Crippen molar-refractivity contribution in [1.82, 2.24) is 4.57 Å². The van der Waals surface area contributed by atoms with E-state index in [-0.39, 0.29) is 22.6 Å². The molecule has 7 heteroatoms. The fraction of sp³-hybridized carbons (Fsp3) is 0.118. The molecular formula is C17H14F3N3O. The van der Waals surface area contributed by atoms with Crippen molar-refractivity contribution in [3.63, 3.8) is 0 Å². The summed E-state index contributed by atoms with van der Waals surface area (Å²) in [7, 11) is 0. The maximum atomic E-state index is 12.9. The van der Waals surface area contributed by atoms with Crippen LogP contribution in [-0.2, 0) is 13.2 Å². The first kappa shape index (κ1) is 12.5. The molecule has 0 saturated heterocycles. The minimum Gasteiger partial charge on any atom is -0.364 e. The van der Waals surface area contributed by atoms with Gasteiger partial charge in [-0.05, 0) is 24.3 Å². The van der Waals surface area contributed by atoms with Crippen molar-refractivity contribution in [2.24, 2.45) is 12.7 Å². The van der Waals surface area contributed by atoms with Crippen molar-refractivity contribution >= 4 is 28.2 Å². The number of anilines is 2. The molecule has 0 atom stereocenters. The van der Waals surface area contributed by atoms with Crippen LogP contribution in [0, 0.1) is 0 Å². The maximum Gasteiger partial charge on any atom is 0.416 e. The summed E-state index contributed by atoms with van der Waals surface area (Å²) in [6.45, 7) is -2.71. The summed E-state index contributed by atoms with van der Waals surface area (Å²) in [6, 6.07) is 10.6. The number of halogens is 3. The number of carbonyl (C=O) groups excluding carboxylic acids is 1. The van der Waals surface area contributed by atoms with Crippen LogP contribution in [-0.4, -0.2) is 10.5 Å². The summed E-state index contributed by atoms with van der Waals surface area (Å²) in [5.74, 6) is -1.02. The van der Waals surface area contributed by atoms with Crippen LogP contribution in [0.15, 0.2) is 48.5 Å². The van der Waals surface area contributed by atoms with Gasteiger partial charge in [0.15, 0.2) is 0 Å². The summed E-state index contributed by atoms with van der Waals surface area (Å²) in [6.07, 6.45) is -4.54. The maximum absolute atomic E-state index is 12.9. The number of nitrogens with one attached hydrogen (secondary N) is 1. The molecule has 2 aromatic carbocycles. The van der Waals surface area contributed by atoms with E-state index in [4.69, 9.17) is 9.85 Å². The van der Waals surface area contributed by atoms with Crippen molar-refractivity contribution in [2.75, 3.05) is 5.32 Å². The fourth-order valence-electron chi connectivity index (χ4n) is 2.52. The van der Waals surface area contributed by atoms with Crippen LogP contribution in [0.3, 0.4) is 0 Å². The van der Waals surface area contributed by atoms with E-state index in [9.17, 15) is 18.0 Å². The van der Waals surface area contributed by atoms with Crippen LogP contribution in [0.5, 0.6) is 0 Å². The van der Waals surface area contributed by atoms with Crippen molar-refractivity contribution in [1.29, 1.82) is 0 Å². The Morgan fingerprint density at radius 3 is 2.62 bits per heavy atom. The lowest BCUT2D eigenvalue weighted by molar-refractivity contribution is -0.137. The van der Waals surface area contributed by atoms with Gasteiger partial charge in [0, 0.05) is 22.2 Å². The predicted octanol–water partition coefficient (Wildman–Crippen LogP) is 4.04. The number of para-hydroxylation sites is 1. The van der Waals surface area contributed by atoms with Gasteiger partial charge in [-0.1, -0.05) is 24.3 Å². The Labute approximate surface area is 139 Å². The van der Waals surface area contributed by atoms with Crippen molar-refractivity contribution in [3.05, 3.63) is 59.8 Å². The lowest BCUT2D eigenvalue weighted by atomic mass is 10.1. The van der Waals surface area contributed by atoms with Gasteiger partial charge in [-0.25, -0.2) is 0 Å². The van der Waals surface area contributed by atoms with Gasteiger partial charge in [0.05, 0.1) is 16.8 Å². The first-order chi connectivity index (χ1) is 12.5. The molecule has 1 heterocycles. The van der Waals surface area contributed by atoms with E-state index in [0.29, 0.717) is 5.39 Å². The van der Waals surface area contributed by atoms with Gasteiger partial charge >= 0.3 is 6.18 Å². The second-order valence-corrected chi connectivity index (χ2v) is 5.14. The number of hydrogen-bond acceptors (Lipinski definition) is 2. The number of nitrogens with two attached hydrogens (primary N) is 1. The molecule has 0 spiro atoms. The van der Waals surface area contributed by atoms with E-state index in [2.05, 4.69) is 5.32 Å². The Morgan fingerprint density at radius 2 is 1.96 bits per heavy atom. The highest BCUT2D eigenvalue weighted by Gasteiger charge is 2.30. The van der Waals surface area contributed by atoms with Gasteiger partial charge in [-0.15, -0.1) is 0 Å². The monoisotopic (exact) mass is 336 g/mol. The van der Waals surface area contributed by atoms with E-state index in [0.717, 1.165) is 16.7 Å². The summed E-state index contributed by atoms with van der Waals surface area (Å²) in [4.78, 5) is 12.0. The first-order valence-electron chi connectivity index (χ1n) is 8.38. The van der Waals surface area contributed by atoms with Gasteiger partial charge in [0.2, 0.25) is 0 Å². The van der Waals surface area contributed by atoms with Crippen LogP contribution >= 0.6 is 0 Å². The van der Waals surface area contributed by atoms with Gasteiger partial charge in [-0.2, -0.15) is 13.2 Å². The standard InChI is InChI=1S/C17H14F3N3O/c1-23-13-8-3-2-7-12(13)14(15(23)16(21)24)22-11-6-4-5-10(9-11)17(18,19)20/h2-9,22H,1H3,(H2,21,24)/i1D3. The largest absolute Gasteiger partial charge is 0.416 e. The zero-order valence-corrected chi connectivity index (χ0v) is 12.2. The number of carbonyl (C=O) groups is 1. The smallest absolute Gasteiger partial charge is 0.364 e. The number of rotatable bonds is 3. The minimum atomic E-state index is -4.54. The number of hydrogen-bond donors (Lipinski definition) is 2. The molecule has 0 bridgehead atoms. The molecule has 3 aromatic rings. The van der Waals surface area contributed by atoms with E-state index in [1.165, 1.54) is 18.2 Å². The van der Waals surface area contributed by atoms with E-state index < -0.39 is 24.6 Å². The highest BCUT2D eigenvalue weighted by atomic mass is 19.4. The van der Waals surface area contributed by atoms with Crippen molar-refractivity contribution < 1.29 is 22.1 Å². The molecule has 1 aromatic heterocycles. The molecule has 3 N–H and O–H groups in total. The second-order valence-electron chi connectivity index (χ2n) is 5.14. The average Bonchev–Trinajstić information content (AvgIpc) is 2.89. The Balaban J connectivity index is 2.24. The third-order valence-corrected chi connectivity index (χ3v) is 3.57. The Morgan fingerprint density at radius 1 is 1.21 bits per heavy atom. The topological polar surface area (TPSA) is 60.0 Å². The number of nitrogens with zero attached hydrogens (tertiary/aromatic N) is 1. The second kappa shape index (κ2) is 5.59. The summed E-state index contributed by atoms with van der Waals surface area (Å²) >= 11 is 0. The molecule has 24 heavy (non-hydrogen) atoms. The van der Waals surface area contributed by atoms with Crippen molar-refractivity contribution in [2.45, 2.75) is 6.18 Å². The number of fused-ring (bicyclic) bond motifs is 1. The lowest BCUT2D eigenvalue weighted by Gasteiger charge is -2.11. The molecule has 4 nitrogen and oxygen atoms in total. The Hall–Kier alpha value is -2.96. The SMILES string of the molecule is [2H]C([2H])([2H])n1c(C(N)=O)c(Nc2cccc(C(F)(F)F)c2)c2ccccc21. The van der Waals surface area contributed by atoms with Gasteiger partial charge in [0.1, 0.15) is 5.69 Å². The number of benzene rings is 2. The molecule has 0 saturated carbocycles. The molecule has 0 aliphatic heterocycles. The Bertz CT molecular complexity index is 1030. The fourth-order valence-corrected chi connectivity index (χ4v) is 2.52. The molecule has 124 valence electrons. The van der Waals surface area contributed by atoms with Gasteiger partial charge < -0.3 is 15.6 Å². The lowest BCUT2D eigenvalue weighted by Crippen LogP contribution is -2.16. The number of amides is 1. The molecular weight excluding hydrogens is 319 g/mol. The van der Waals surface area contributed by atoms with Crippen molar-refractivity contribution in [3.8, 4) is 0 Å². The van der Waals surface area contributed by atoms with Crippen LogP contribution in [0.2, 0.25) is 0 Å². The molecule has 3 rings (SSSR count). The zero-order chi connectivity index (χ0) is 20.0. The first-order valence-corrected chi connectivity index (χ1v) is 6.88. The van der Waals surface area contributed by atoms with Crippen LogP contribution in [0.25, 0.3) is 10.9 Å². The number of alkyl halides is 3. The van der Waals surface area contributed by atoms with Gasteiger partial charge in [0.25, 0.3) is 5.91 Å². The average molecular weight is 336 g/mol. The number of primary amides is 1. The number of aryl methyl sites for hydroxylation is 1. The van der Waals surface area contributed by atoms with Crippen LogP contribution in [0.1, 0.15) is 20.2 Å². The quantitative estimate of drug-likeness (QED) is 0.758. The predicted molar refractivity (Wildman–Crippen MR) is 86.2 cm³/mol. The third-order valence-electron chi connectivity index (χ3n) is 3.57. The number of aromatic nitrogens is 1. The summed E-state index contributed by atoms with van der Waals surface area (Å²) < 4.78 is 62.8. The summed E-state index contributed by atoms with van der Waals surface area (Å²) in [5, 5.41) is 3.08. The van der Waals surface area contributed by atoms with Crippen LogP contribution < -0.4 is 11.1 Å². The van der Waals surface area contributed by atoms with Gasteiger partial charge in [-0.3, -0.25) is 4.79 Å². The normalized spacial score (nSPS) is 14.0. The molecule has 1 amide bonds. The van der Waals surface area contributed by atoms with Crippen LogP contribution in [0.4, 0.5) is 24.5 Å². The molecule has 0 aliphatic rings. The molecule has 0 aliphatic carbocycles. The summed E-state index contributed by atoms with van der Waals surface area (Å²) in [5.41, 5.74) is 4.47. The molecule has 0 unspecified atom stereocenters.